The van der Waals surface area contributed by atoms with Gasteiger partial charge in [-0.05, 0) is 23.1 Å². The van der Waals surface area contributed by atoms with Gasteiger partial charge in [0, 0.05) is 18.9 Å². The van der Waals surface area contributed by atoms with Crippen LogP contribution in [0.1, 0.15) is 56.6 Å². The first-order valence-corrected chi connectivity index (χ1v) is 10.6. The monoisotopic (exact) mass is 372 g/mol. The van der Waals surface area contributed by atoms with Crippen molar-refractivity contribution >= 4 is 13.4 Å². The highest BCUT2D eigenvalue weighted by Crippen LogP contribution is 2.21. The Morgan fingerprint density at radius 1 is 0.857 bits per heavy atom. The maximum atomic E-state index is 4.01. The number of unbranched alkanes of at least 4 members (excludes halogenated alkanes) is 5. The van der Waals surface area contributed by atoms with Crippen molar-refractivity contribution in [2.45, 2.75) is 52.0 Å². The van der Waals surface area contributed by atoms with Crippen LogP contribution in [0.5, 0.6) is 0 Å². The molecule has 0 N–H and O–H groups in total. The van der Waals surface area contributed by atoms with E-state index in [4.69, 9.17) is 0 Å². The van der Waals surface area contributed by atoms with Crippen LogP contribution in [-0.2, 0) is 6.54 Å². The zero-order valence-corrected chi connectivity index (χ0v) is 17.4. The average molecular weight is 372 g/mol. The van der Waals surface area contributed by atoms with Crippen molar-refractivity contribution in [1.29, 1.82) is 0 Å². The van der Waals surface area contributed by atoms with Crippen LogP contribution in [0.25, 0.3) is 5.57 Å². The Labute approximate surface area is 171 Å². The van der Waals surface area contributed by atoms with Gasteiger partial charge in [0.05, 0.1) is 6.33 Å². The quantitative estimate of drug-likeness (QED) is 0.335. The molecule has 0 bridgehead atoms. The van der Waals surface area contributed by atoms with E-state index in [0.717, 1.165) is 6.54 Å². The molecule has 0 amide bonds. The molecule has 3 rings (SSSR count). The summed E-state index contributed by atoms with van der Waals surface area (Å²) < 4.78 is 2.15. The molecule has 0 aliphatic heterocycles. The molecular weight excluding hydrogens is 339 g/mol. The van der Waals surface area contributed by atoms with Crippen LogP contribution in [0, 0.1) is 0 Å². The van der Waals surface area contributed by atoms with Crippen molar-refractivity contribution in [1.82, 2.24) is 9.55 Å². The molecule has 3 aromatic rings. The van der Waals surface area contributed by atoms with Gasteiger partial charge in [-0.1, -0.05) is 99.7 Å². The van der Waals surface area contributed by atoms with Gasteiger partial charge in [0.1, 0.15) is 7.85 Å². The van der Waals surface area contributed by atoms with E-state index in [1.54, 1.807) is 0 Å². The first-order chi connectivity index (χ1) is 13.8. The largest absolute Gasteiger partial charge is 0.337 e. The molecule has 3 heteroatoms. The van der Waals surface area contributed by atoms with Gasteiger partial charge in [-0.15, -0.1) is 5.98 Å². The maximum absolute atomic E-state index is 4.01. The van der Waals surface area contributed by atoms with E-state index in [1.807, 2.05) is 30.9 Å². The van der Waals surface area contributed by atoms with E-state index in [2.05, 4.69) is 78.8 Å². The summed E-state index contributed by atoms with van der Waals surface area (Å²) in [7, 11) is 2.08. The molecule has 2 nitrogen and oxygen atoms in total. The van der Waals surface area contributed by atoms with Crippen molar-refractivity contribution in [3.8, 4) is 0 Å². The zero-order valence-electron chi connectivity index (χ0n) is 17.4. The molecule has 146 valence electrons. The average Bonchev–Trinajstić information content (AvgIpc) is 3.27. The first-order valence-electron chi connectivity index (χ1n) is 10.6. The molecule has 2 aromatic carbocycles. The third kappa shape index (κ3) is 8.00. The second-order valence-corrected chi connectivity index (χ2v) is 7.00. The molecule has 0 fully saturated rings. The number of aryl methyl sites for hydroxylation is 1. The van der Waals surface area contributed by atoms with E-state index in [0.29, 0.717) is 0 Å². The van der Waals surface area contributed by atoms with E-state index in [9.17, 15) is 0 Å². The second kappa shape index (κ2) is 13.6. The van der Waals surface area contributed by atoms with Gasteiger partial charge in [0.25, 0.3) is 0 Å². The molecule has 0 spiro atoms. The molecule has 0 atom stereocenters. The van der Waals surface area contributed by atoms with E-state index >= 15 is 0 Å². The topological polar surface area (TPSA) is 17.8 Å². The molecule has 0 aliphatic carbocycles. The molecule has 0 unspecified atom stereocenters. The van der Waals surface area contributed by atoms with Gasteiger partial charge in [-0.3, -0.25) is 0 Å². The predicted molar refractivity (Wildman–Crippen MR) is 124 cm³/mol. The molecule has 1 heterocycles. The summed E-state index contributed by atoms with van der Waals surface area (Å²) in [5, 5.41) is 0. The number of nitrogens with zero attached hydrogens (tertiary/aromatic N) is 2. The lowest BCUT2D eigenvalue weighted by Gasteiger charge is -2.07. The highest BCUT2D eigenvalue weighted by atomic mass is 15.0. The minimum Gasteiger partial charge on any atom is -0.337 e. The number of hydrogen-bond acceptors (Lipinski definition) is 1. The summed E-state index contributed by atoms with van der Waals surface area (Å²) in [5.41, 5.74) is 3.83. The van der Waals surface area contributed by atoms with Gasteiger partial charge in [-0.25, -0.2) is 4.98 Å². The standard InChI is InChI=1S/C14H13B.C11H20N2/c15-11-14(12-7-3-1-4-8-12)13-9-5-2-6-10-13;1-2-3-4-5-6-7-9-13-10-8-12-11-13/h1-11H,15H2;8,10-11H,2-7,9H2,1H3. The Bertz CT molecular complexity index is 723. The zero-order chi connectivity index (χ0) is 19.9. The molecule has 0 aliphatic rings. The van der Waals surface area contributed by atoms with Crippen molar-refractivity contribution < 1.29 is 0 Å². The van der Waals surface area contributed by atoms with Gasteiger partial charge < -0.3 is 4.57 Å². The highest BCUT2D eigenvalue weighted by Gasteiger charge is 2.01. The lowest BCUT2D eigenvalue weighted by molar-refractivity contribution is 0.558. The fourth-order valence-corrected chi connectivity index (χ4v) is 3.23. The van der Waals surface area contributed by atoms with Crippen molar-refractivity contribution in [2.24, 2.45) is 0 Å². The van der Waals surface area contributed by atoms with E-state index in [1.165, 1.54) is 55.2 Å². The molecular formula is C25H33BN2. The highest BCUT2D eigenvalue weighted by molar-refractivity contribution is 6.21. The van der Waals surface area contributed by atoms with E-state index in [-0.39, 0.29) is 0 Å². The molecule has 1 aromatic heterocycles. The van der Waals surface area contributed by atoms with Gasteiger partial charge in [-0.2, -0.15) is 0 Å². The first kappa shape index (κ1) is 21.8. The van der Waals surface area contributed by atoms with Gasteiger partial charge in [0.15, 0.2) is 0 Å². The number of benzene rings is 2. The lowest BCUT2D eigenvalue weighted by Crippen LogP contribution is -1.93. The number of hydrogen-bond donors (Lipinski definition) is 0. The summed E-state index contributed by atoms with van der Waals surface area (Å²) in [4.78, 5) is 4.01. The Morgan fingerprint density at radius 2 is 1.43 bits per heavy atom. The molecule has 0 radical (unpaired) electrons. The summed E-state index contributed by atoms with van der Waals surface area (Å²) in [6, 6.07) is 20.9. The fourth-order valence-electron chi connectivity index (χ4n) is 3.23. The van der Waals surface area contributed by atoms with E-state index < -0.39 is 0 Å². The summed E-state index contributed by atoms with van der Waals surface area (Å²) in [6.45, 7) is 3.39. The Balaban J connectivity index is 0.000000203. The fraction of sp³-hybridized carbons (Fsp3) is 0.320. The smallest absolute Gasteiger partial charge is 0.130 e. The number of aromatic nitrogens is 2. The summed E-state index contributed by atoms with van der Waals surface area (Å²) in [5.74, 6) is 2.16. The van der Waals surface area contributed by atoms with Crippen LogP contribution in [0.3, 0.4) is 0 Å². The number of rotatable bonds is 9. The summed E-state index contributed by atoms with van der Waals surface area (Å²) >= 11 is 0. The van der Waals surface area contributed by atoms with Crippen molar-refractivity contribution in [3.05, 3.63) is 96.5 Å². The third-order valence-corrected chi connectivity index (χ3v) is 4.79. The van der Waals surface area contributed by atoms with Gasteiger partial charge in [0.2, 0.25) is 0 Å². The Hall–Kier alpha value is -2.55. The van der Waals surface area contributed by atoms with Crippen LogP contribution >= 0.6 is 0 Å². The van der Waals surface area contributed by atoms with Crippen LogP contribution in [0.2, 0.25) is 0 Å². The summed E-state index contributed by atoms with van der Waals surface area (Å²) in [6.07, 6.45) is 13.9. The van der Waals surface area contributed by atoms with Crippen LogP contribution in [0.15, 0.2) is 85.4 Å². The molecule has 28 heavy (non-hydrogen) atoms. The predicted octanol–water partition coefficient (Wildman–Crippen LogP) is 5.95. The SMILES string of the molecule is BC=C(c1ccccc1)c1ccccc1.CCCCCCCCn1ccnc1. The Morgan fingerprint density at radius 3 is 1.93 bits per heavy atom. The van der Waals surface area contributed by atoms with Crippen molar-refractivity contribution in [3.63, 3.8) is 0 Å². The third-order valence-electron chi connectivity index (χ3n) is 4.79. The van der Waals surface area contributed by atoms with Crippen LogP contribution in [-0.4, -0.2) is 17.4 Å². The number of imidazole rings is 1. The molecule has 0 saturated heterocycles. The van der Waals surface area contributed by atoms with Crippen LogP contribution in [0.4, 0.5) is 0 Å². The maximum Gasteiger partial charge on any atom is 0.130 e. The minimum atomic E-state index is 1.13. The van der Waals surface area contributed by atoms with Gasteiger partial charge >= 0.3 is 0 Å². The molecule has 0 saturated carbocycles. The lowest BCUT2D eigenvalue weighted by atomic mass is 9.92. The van der Waals surface area contributed by atoms with Crippen molar-refractivity contribution in [2.75, 3.05) is 0 Å². The second-order valence-electron chi connectivity index (χ2n) is 7.00. The Kier molecular flexibility index (Phi) is 10.6. The minimum absolute atomic E-state index is 1.13. The normalized spacial score (nSPS) is 10.0. The van der Waals surface area contributed by atoms with Crippen LogP contribution < -0.4 is 0 Å².